The van der Waals surface area contributed by atoms with Crippen molar-refractivity contribution in [1.82, 2.24) is 9.55 Å². The molecule has 0 bridgehead atoms. The van der Waals surface area contributed by atoms with Crippen LogP contribution in [-0.2, 0) is 11.5 Å². The van der Waals surface area contributed by atoms with Crippen molar-refractivity contribution in [1.29, 1.82) is 0 Å². The summed E-state index contributed by atoms with van der Waals surface area (Å²) in [6.07, 6.45) is 4.20. The van der Waals surface area contributed by atoms with Gasteiger partial charge in [-0.05, 0) is 12.1 Å². The maximum Gasteiger partial charge on any atom is 0.155 e. The van der Waals surface area contributed by atoms with Crippen molar-refractivity contribution in [3.8, 4) is 5.75 Å². The minimum atomic E-state index is -1.07. The second-order valence-corrected chi connectivity index (χ2v) is 11.9. The van der Waals surface area contributed by atoms with Crippen LogP contribution in [0, 0.1) is 0 Å². The van der Waals surface area contributed by atoms with Gasteiger partial charge in [-0.15, -0.1) is 0 Å². The number of hydrogen-bond acceptors (Lipinski definition) is 4. The molecule has 5 nitrogen and oxygen atoms in total. The SMILES string of the molecule is COc1c(C=O)cnc2c1ccn2COCC[Si](C)(C)C. The fourth-order valence-corrected chi connectivity index (χ4v) is 2.84. The van der Waals surface area contributed by atoms with E-state index in [-0.39, 0.29) is 0 Å². The van der Waals surface area contributed by atoms with Crippen molar-refractivity contribution >= 4 is 25.4 Å². The monoisotopic (exact) mass is 306 g/mol. The Hall–Kier alpha value is -1.66. The van der Waals surface area contributed by atoms with Gasteiger partial charge in [0, 0.05) is 27.1 Å². The van der Waals surface area contributed by atoms with E-state index in [9.17, 15) is 4.79 Å². The lowest BCUT2D eigenvalue weighted by Crippen LogP contribution is -2.22. The van der Waals surface area contributed by atoms with Crippen LogP contribution in [0.15, 0.2) is 18.5 Å². The highest BCUT2D eigenvalue weighted by Gasteiger charge is 2.14. The molecular weight excluding hydrogens is 284 g/mol. The van der Waals surface area contributed by atoms with Crippen molar-refractivity contribution in [2.75, 3.05) is 13.7 Å². The summed E-state index contributed by atoms with van der Waals surface area (Å²) in [6, 6.07) is 3.04. The molecule has 21 heavy (non-hydrogen) atoms. The largest absolute Gasteiger partial charge is 0.495 e. The molecule has 0 aliphatic carbocycles. The van der Waals surface area contributed by atoms with E-state index < -0.39 is 8.07 Å². The number of ether oxygens (including phenoxy) is 2. The highest BCUT2D eigenvalue weighted by molar-refractivity contribution is 6.76. The number of fused-ring (bicyclic) bond motifs is 1. The molecule has 114 valence electrons. The van der Waals surface area contributed by atoms with E-state index in [1.165, 1.54) is 6.20 Å². The molecular formula is C15H22N2O3Si. The zero-order valence-corrected chi connectivity index (χ0v) is 14.0. The number of pyridine rings is 1. The van der Waals surface area contributed by atoms with Gasteiger partial charge in [0.05, 0.1) is 18.1 Å². The first-order valence-corrected chi connectivity index (χ1v) is 10.7. The molecule has 6 heteroatoms. The quantitative estimate of drug-likeness (QED) is 0.448. The van der Waals surface area contributed by atoms with Crippen molar-refractivity contribution in [2.24, 2.45) is 0 Å². The Labute approximate surface area is 125 Å². The summed E-state index contributed by atoms with van der Waals surface area (Å²) in [5, 5.41) is 0.830. The van der Waals surface area contributed by atoms with Gasteiger partial charge in [-0.3, -0.25) is 4.79 Å². The maximum absolute atomic E-state index is 11.0. The Balaban J connectivity index is 2.13. The van der Waals surface area contributed by atoms with E-state index in [1.807, 2.05) is 16.8 Å². The summed E-state index contributed by atoms with van der Waals surface area (Å²) in [7, 11) is 0.490. The van der Waals surface area contributed by atoms with Gasteiger partial charge >= 0.3 is 0 Å². The van der Waals surface area contributed by atoms with Gasteiger partial charge in [0.25, 0.3) is 0 Å². The smallest absolute Gasteiger partial charge is 0.155 e. The van der Waals surface area contributed by atoms with Crippen LogP contribution in [0.4, 0.5) is 0 Å². The third-order valence-electron chi connectivity index (χ3n) is 3.32. The van der Waals surface area contributed by atoms with E-state index in [2.05, 4.69) is 24.6 Å². The molecule has 0 saturated carbocycles. The van der Waals surface area contributed by atoms with Gasteiger partial charge in [0.2, 0.25) is 0 Å². The number of rotatable bonds is 7. The van der Waals surface area contributed by atoms with Crippen molar-refractivity contribution < 1.29 is 14.3 Å². The Morgan fingerprint density at radius 2 is 2.14 bits per heavy atom. The molecule has 2 heterocycles. The summed E-state index contributed by atoms with van der Waals surface area (Å²) >= 11 is 0. The number of methoxy groups -OCH3 is 1. The summed E-state index contributed by atoms with van der Waals surface area (Å²) in [5.74, 6) is 0.566. The van der Waals surface area contributed by atoms with Crippen LogP contribution in [0.2, 0.25) is 25.7 Å². The molecule has 0 aliphatic heterocycles. The fraction of sp³-hybridized carbons (Fsp3) is 0.467. The lowest BCUT2D eigenvalue weighted by atomic mass is 10.2. The number of nitrogens with zero attached hydrogens (tertiary/aromatic N) is 2. The molecule has 0 aromatic carbocycles. The first-order valence-electron chi connectivity index (χ1n) is 7.01. The van der Waals surface area contributed by atoms with Crippen LogP contribution in [0.25, 0.3) is 11.0 Å². The highest BCUT2D eigenvalue weighted by atomic mass is 28.3. The Morgan fingerprint density at radius 1 is 1.38 bits per heavy atom. The normalized spacial score (nSPS) is 11.8. The lowest BCUT2D eigenvalue weighted by molar-refractivity contribution is 0.0899. The molecule has 2 aromatic heterocycles. The number of hydrogen-bond donors (Lipinski definition) is 0. The van der Waals surface area contributed by atoms with Crippen molar-refractivity contribution in [3.05, 3.63) is 24.0 Å². The van der Waals surface area contributed by atoms with Gasteiger partial charge < -0.3 is 14.0 Å². The predicted molar refractivity (Wildman–Crippen MR) is 85.8 cm³/mol. The van der Waals surface area contributed by atoms with Crippen LogP contribution < -0.4 is 4.74 Å². The van der Waals surface area contributed by atoms with Gasteiger partial charge in [-0.2, -0.15) is 0 Å². The lowest BCUT2D eigenvalue weighted by Gasteiger charge is -2.15. The predicted octanol–water partition coefficient (Wildman–Crippen LogP) is 3.17. The van der Waals surface area contributed by atoms with Gasteiger partial charge in [0.1, 0.15) is 18.1 Å². The standard InChI is InChI=1S/C15H22N2O3Si/c1-19-14-12(10-18)9-16-15-13(14)5-6-17(15)11-20-7-8-21(2,3)4/h5-6,9-10H,7-8,11H2,1-4H3. The van der Waals surface area contributed by atoms with Crippen LogP contribution in [0.3, 0.4) is 0 Å². The zero-order valence-electron chi connectivity index (χ0n) is 13.0. The Morgan fingerprint density at radius 3 is 2.76 bits per heavy atom. The van der Waals surface area contributed by atoms with Crippen LogP contribution in [-0.4, -0.2) is 37.6 Å². The third-order valence-corrected chi connectivity index (χ3v) is 5.03. The summed E-state index contributed by atoms with van der Waals surface area (Å²) in [5.41, 5.74) is 1.23. The molecule has 2 aromatic rings. The number of carbonyl (C=O) groups excluding carboxylic acids is 1. The minimum absolute atomic E-state index is 0.461. The summed E-state index contributed by atoms with van der Waals surface area (Å²) in [6.45, 7) is 8.21. The molecule has 0 radical (unpaired) electrons. The number of aldehydes is 1. The third kappa shape index (κ3) is 3.71. The Kier molecular flexibility index (Phi) is 4.79. The molecule has 0 fully saturated rings. The number of aromatic nitrogens is 2. The van der Waals surface area contributed by atoms with Gasteiger partial charge in [-0.25, -0.2) is 4.98 Å². The number of carbonyl (C=O) groups is 1. The average molecular weight is 306 g/mol. The Bertz CT molecular complexity index is 632. The van der Waals surface area contributed by atoms with Crippen molar-refractivity contribution in [2.45, 2.75) is 32.4 Å². The molecule has 0 saturated heterocycles. The molecule has 0 unspecified atom stereocenters. The van der Waals surface area contributed by atoms with E-state index >= 15 is 0 Å². The zero-order chi connectivity index (χ0) is 15.5. The highest BCUT2D eigenvalue weighted by Crippen LogP contribution is 2.27. The van der Waals surface area contributed by atoms with Crippen LogP contribution in [0.1, 0.15) is 10.4 Å². The molecule has 0 aliphatic rings. The average Bonchev–Trinajstić information content (AvgIpc) is 2.84. The second kappa shape index (κ2) is 6.40. The molecule has 0 atom stereocenters. The molecule has 0 N–H and O–H groups in total. The second-order valence-electron chi connectivity index (χ2n) is 6.24. The maximum atomic E-state index is 11.0. The van der Waals surface area contributed by atoms with Crippen LogP contribution in [0.5, 0.6) is 5.75 Å². The molecule has 0 amide bonds. The van der Waals surface area contributed by atoms with E-state index in [4.69, 9.17) is 9.47 Å². The van der Waals surface area contributed by atoms with Crippen LogP contribution >= 0.6 is 0 Å². The summed E-state index contributed by atoms with van der Waals surface area (Å²) in [4.78, 5) is 15.3. The summed E-state index contributed by atoms with van der Waals surface area (Å²) < 4.78 is 13.0. The first-order chi connectivity index (χ1) is 9.96. The molecule has 2 rings (SSSR count). The van der Waals surface area contributed by atoms with E-state index in [0.717, 1.165) is 30.0 Å². The molecule has 0 spiro atoms. The van der Waals surface area contributed by atoms with E-state index in [0.29, 0.717) is 18.0 Å². The van der Waals surface area contributed by atoms with E-state index in [1.54, 1.807) is 7.11 Å². The van der Waals surface area contributed by atoms with Crippen molar-refractivity contribution in [3.63, 3.8) is 0 Å². The van der Waals surface area contributed by atoms with Gasteiger partial charge in [-0.1, -0.05) is 19.6 Å². The first kappa shape index (κ1) is 15.7. The van der Waals surface area contributed by atoms with Gasteiger partial charge in [0.15, 0.2) is 6.29 Å². The topological polar surface area (TPSA) is 53.3 Å². The fourth-order valence-electron chi connectivity index (χ4n) is 2.09. The minimum Gasteiger partial charge on any atom is -0.495 e.